The van der Waals surface area contributed by atoms with E-state index in [2.05, 4.69) is 32.6 Å². The van der Waals surface area contributed by atoms with Crippen molar-refractivity contribution in [3.8, 4) is 0 Å². The molecule has 1 saturated heterocycles. The Morgan fingerprint density at radius 2 is 2.00 bits per heavy atom. The van der Waals surface area contributed by atoms with Gasteiger partial charge in [0.05, 0.1) is 12.2 Å². The van der Waals surface area contributed by atoms with Crippen LogP contribution >= 0.6 is 0 Å². The number of nitrogens with zero attached hydrogens (tertiary/aromatic N) is 1. The monoisotopic (exact) mass is 183 g/mol. The first-order chi connectivity index (χ1) is 6.08. The van der Waals surface area contributed by atoms with Gasteiger partial charge < -0.3 is 4.74 Å². The summed E-state index contributed by atoms with van der Waals surface area (Å²) in [5, 5.41) is 0. The highest BCUT2D eigenvalue weighted by atomic mass is 16.5. The van der Waals surface area contributed by atoms with Crippen molar-refractivity contribution in [1.82, 2.24) is 4.90 Å². The quantitative estimate of drug-likeness (QED) is 0.648. The van der Waals surface area contributed by atoms with E-state index in [-0.39, 0.29) is 5.60 Å². The number of hydrogen-bond donors (Lipinski definition) is 0. The van der Waals surface area contributed by atoms with Gasteiger partial charge in [-0.15, -0.1) is 0 Å². The zero-order chi connectivity index (χ0) is 9.64. The van der Waals surface area contributed by atoms with Crippen molar-refractivity contribution in [3.63, 3.8) is 0 Å². The predicted octanol–water partition coefficient (Wildman–Crippen LogP) is 1.89. The highest BCUT2D eigenvalue weighted by Gasteiger charge is 2.62. The second kappa shape index (κ2) is 2.96. The van der Waals surface area contributed by atoms with Gasteiger partial charge in [0, 0.05) is 18.6 Å². The Morgan fingerprint density at radius 1 is 1.31 bits per heavy atom. The minimum atomic E-state index is 0.225. The third-order valence-corrected chi connectivity index (χ3v) is 3.68. The molecule has 0 aromatic rings. The van der Waals surface area contributed by atoms with Crippen LogP contribution in [0.1, 0.15) is 34.1 Å². The minimum Gasteiger partial charge on any atom is -0.372 e. The smallest absolute Gasteiger partial charge is 0.0877 e. The molecule has 0 radical (unpaired) electrons. The van der Waals surface area contributed by atoms with Gasteiger partial charge in [0.15, 0.2) is 0 Å². The van der Waals surface area contributed by atoms with Crippen LogP contribution in [0, 0.1) is 5.92 Å². The summed E-state index contributed by atoms with van der Waals surface area (Å²) in [7, 11) is 0. The van der Waals surface area contributed by atoms with Crippen LogP contribution in [0.3, 0.4) is 0 Å². The van der Waals surface area contributed by atoms with Crippen LogP contribution in [-0.4, -0.2) is 35.7 Å². The average molecular weight is 183 g/mol. The van der Waals surface area contributed by atoms with E-state index in [0.717, 1.165) is 13.2 Å². The van der Waals surface area contributed by atoms with E-state index in [0.29, 0.717) is 18.0 Å². The summed E-state index contributed by atoms with van der Waals surface area (Å²) >= 11 is 0. The molecule has 76 valence electrons. The standard InChI is InChI=1S/C11H21NO/c1-8(2)11-7-10(11)12(9(3)4)5-6-13-11/h8-10H,5-7H2,1-4H3. The van der Waals surface area contributed by atoms with Crippen molar-refractivity contribution in [3.05, 3.63) is 0 Å². The summed E-state index contributed by atoms with van der Waals surface area (Å²) in [5.74, 6) is 0.666. The lowest BCUT2D eigenvalue weighted by Crippen LogP contribution is -2.47. The van der Waals surface area contributed by atoms with Gasteiger partial charge in [0.1, 0.15) is 0 Å². The molecule has 0 spiro atoms. The molecule has 0 aromatic heterocycles. The van der Waals surface area contributed by atoms with Gasteiger partial charge in [0.2, 0.25) is 0 Å². The number of hydrogen-bond acceptors (Lipinski definition) is 2. The van der Waals surface area contributed by atoms with E-state index in [4.69, 9.17) is 4.74 Å². The first-order valence-electron chi connectivity index (χ1n) is 5.47. The molecule has 1 heterocycles. The number of morpholine rings is 1. The summed E-state index contributed by atoms with van der Waals surface area (Å²) in [4.78, 5) is 2.60. The molecule has 2 atom stereocenters. The molecule has 1 aliphatic carbocycles. The van der Waals surface area contributed by atoms with Crippen LogP contribution in [0.4, 0.5) is 0 Å². The molecule has 13 heavy (non-hydrogen) atoms. The van der Waals surface area contributed by atoms with Crippen LogP contribution < -0.4 is 0 Å². The largest absolute Gasteiger partial charge is 0.372 e. The molecule has 2 nitrogen and oxygen atoms in total. The lowest BCUT2D eigenvalue weighted by Gasteiger charge is -2.36. The predicted molar refractivity (Wildman–Crippen MR) is 53.8 cm³/mol. The molecule has 2 heteroatoms. The van der Waals surface area contributed by atoms with Crippen molar-refractivity contribution < 1.29 is 4.74 Å². The second-order valence-electron chi connectivity index (χ2n) is 5.01. The number of fused-ring (bicyclic) bond motifs is 1. The molecule has 0 amide bonds. The van der Waals surface area contributed by atoms with E-state index in [9.17, 15) is 0 Å². The number of rotatable bonds is 2. The second-order valence-corrected chi connectivity index (χ2v) is 5.01. The van der Waals surface area contributed by atoms with E-state index in [1.54, 1.807) is 0 Å². The summed E-state index contributed by atoms with van der Waals surface area (Å²) in [6.07, 6.45) is 1.25. The van der Waals surface area contributed by atoms with E-state index in [1.807, 2.05) is 0 Å². The van der Waals surface area contributed by atoms with Gasteiger partial charge in [0.25, 0.3) is 0 Å². The molecule has 1 aliphatic heterocycles. The molecule has 1 saturated carbocycles. The maximum absolute atomic E-state index is 5.94. The average Bonchev–Trinajstić information content (AvgIpc) is 2.77. The van der Waals surface area contributed by atoms with Gasteiger partial charge in [-0.05, 0) is 26.2 Å². The summed E-state index contributed by atoms with van der Waals surface area (Å²) in [5.41, 5.74) is 0.225. The Labute approximate surface area is 81.3 Å². The molecular formula is C11H21NO. The van der Waals surface area contributed by atoms with E-state index >= 15 is 0 Å². The summed E-state index contributed by atoms with van der Waals surface area (Å²) in [6.45, 7) is 11.2. The zero-order valence-electron chi connectivity index (χ0n) is 9.21. The Kier molecular flexibility index (Phi) is 2.16. The fraction of sp³-hybridized carbons (Fsp3) is 1.00. The van der Waals surface area contributed by atoms with E-state index in [1.165, 1.54) is 6.42 Å². The van der Waals surface area contributed by atoms with Crippen molar-refractivity contribution in [2.24, 2.45) is 5.92 Å². The Morgan fingerprint density at radius 3 is 2.54 bits per heavy atom. The summed E-state index contributed by atoms with van der Waals surface area (Å²) in [6, 6.07) is 1.38. The fourth-order valence-corrected chi connectivity index (χ4v) is 2.70. The normalized spacial score (nSPS) is 39.7. The topological polar surface area (TPSA) is 12.5 Å². The van der Waals surface area contributed by atoms with Crippen molar-refractivity contribution in [1.29, 1.82) is 0 Å². The van der Waals surface area contributed by atoms with E-state index < -0.39 is 0 Å². The van der Waals surface area contributed by atoms with Crippen LogP contribution in [0.15, 0.2) is 0 Å². The molecule has 2 rings (SSSR count). The highest BCUT2D eigenvalue weighted by molar-refractivity contribution is 5.15. The van der Waals surface area contributed by atoms with Crippen molar-refractivity contribution in [2.75, 3.05) is 13.2 Å². The molecule has 2 aliphatic rings. The maximum Gasteiger partial charge on any atom is 0.0877 e. The van der Waals surface area contributed by atoms with Gasteiger partial charge in [-0.2, -0.15) is 0 Å². The highest BCUT2D eigenvalue weighted by Crippen LogP contribution is 2.51. The minimum absolute atomic E-state index is 0.225. The maximum atomic E-state index is 5.94. The van der Waals surface area contributed by atoms with Crippen LogP contribution in [-0.2, 0) is 4.74 Å². The fourth-order valence-electron chi connectivity index (χ4n) is 2.70. The third kappa shape index (κ3) is 1.31. The molecule has 2 unspecified atom stereocenters. The third-order valence-electron chi connectivity index (χ3n) is 3.68. The van der Waals surface area contributed by atoms with Crippen molar-refractivity contribution in [2.45, 2.75) is 51.8 Å². The molecule has 0 N–H and O–H groups in total. The van der Waals surface area contributed by atoms with Gasteiger partial charge >= 0.3 is 0 Å². The zero-order valence-corrected chi connectivity index (χ0v) is 9.21. The van der Waals surface area contributed by atoms with Crippen molar-refractivity contribution >= 4 is 0 Å². The molecule has 2 fully saturated rings. The molecule has 0 bridgehead atoms. The lowest BCUT2D eigenvalue weighted by molar-refractivity contribution is -0.0696. The first kappa shape index (κ1) is 9.47. The Hall–Kier alpha value is -0.0800. The molecular weight excluding hydrogens is 162 g/mol. The first-order valence-corrected chi connectivity index (χ1v) is 5.47. The van der Waals surface area contributed by atoms with Crippen LogP contribution in [0.5, 0.6) is 0 Å². The summed E-state index contributed by atoms with van der Waals surface area (Å²) < 4.78 is 5.94. The van der Waals surface area contributed by atoms with Crippen LogP contribution in [0.25, 0.3) is 0 Å². The van der Waals surface area contributed by atoms with Gasteiger partial charge in [-0.25, -0.2) is 0 Å². The Bertz CT molecular complexity index is 202. The van der Waals surface area contributed by atoms with Gasteiger partial charge in [-0.1, -0.05) is 13.8 Å². The SMILES string of the molecule is CC(C)N1CCOC2(C(C)C)CC12. The van der Waals surface area contributed by atoms with Gasteiger partial charge in [-0.3, -0.25) is 4.90 Å². The lowest BCUT2D eigenvalue weighted by atomic mass is 10.0. The molecule has 0 aromatic carbocycles. The number of ether oxygens (including phenoxy) is 1. The Balaban J connectivity index is 2.07. The van der Waals surface area contributed by atoms with Crippen LogP contribution in [0.2, 0.25) is 0 Å².